The zero-order valence-corrected chi connectivity index (χ0v) is 37.5. The van der Waals surface area contributed by atoms with Crippen LogP contribution in [0.3, 0.4) is 0 Å². The molecule has 1 unspecified atom stereocenters. The molecule has 0 aromatic heterocycles. The number of amides is 2. The molecule has 4 aliphatic rings. The van der Waals surface area contributed by atoms with Crippen LogP contribution in [0.5, 0.6) is 5.75 Å². The third kappa shape index (κ3) is 10.2. The van der Waals surface area contributed by atoms with Crippen LogP contribution >= 0.6 is 0 Å². The zero-order chi connectivity index (χ0) is 43.5. The van der Waals surface area contributed by atoms with Gasteiger partial charge in [-0.05, 0) is 107 Å². The van der Waals surface area contributed by atoms with Crippen LogP contribution in [0.2, 0.25) is 0 Å². The molecule has 2 amide bonds. The van der Waals surface area contributed by atoms with Gasteiger partial charge in [0, 0.05) is 67.6 Å². The van der Waals surface area contributed by atoms with Crippen LogP contribution in [0.4, 0.5) is 5.69 Å². The molecule has 3 aromatic carbocycles. The van der Waals surface area contributed by atoms with Crippen molar-refractivity contribution in [1.82, 2.24) is 25.5 Å². The van der Waals surface area contributed by atoms with Crippen molar-refractivity contribution in [3.8, 4) is 16.9 Å². The third-order valence-corrected chi connectivity index (χ3v) is 13.5. The average molecular weight is 827 g/mol. The summed E-state index contributed by atoms with van der Waals surface area (Å²) >= 11 is 0. The number of fused-ring (bicyclic) bond motifs is 2. The SMILES string of the molecule is C[C@H](O)[C@@H]1[C@H](CO)ON(Cc2cccc(-c3cc(C(=O)N[C@@H](Cc4ccccc4)CN(C)C)cc(N(C)C)c3)c2OCCN(C)C)[C@@H]1C(=O)NC1C[C@H]2C[C@@H]([C@@H]1C)C2(C)C. The van der Waals surface area contributed by atoms with Crippen molar-refractivity contribution in [1.29, 1.82) is 0 Å². The summed E-state index contributed by atoms with van der Waals surface area (Å²) in [5.74, 6) is 1.03. The number of anilines is 1. The number of ether oxygens (including phenoxy) is 1. The summed E-state index contributed by atoms with van der Waals surface area (Å²) in [7, 11) is 11.9. The van der Waals surface area contributed by atoms with Crippen molar-refractivity contribution >= 4 is 17.5 Å². The van der Waals surface area contributed by atoms with Crippen molar-refractivity contribution in [3.63, 3.8) is 0 Å². The first-order valence-electron chi connectivity index (χ1n) is 21.7. The summed E-state index contributed by atoms with van der Waals surface area (Å²) in [5, 5.41) is 29.9. The third-order valence-electron chi connectivity index (χ3n) is 13.5. The van der Waals surface area contributed by atoms with E-state index >= 15 is 0 Å². The second-order valence-electron chi connectivity index (χ2n) is 19.0. The molecular formula is C48H70N6O6. The van der Waals surface area contributed by atoms with Crippen molar-refractivity contribution in [2.24, 2.45) is 29.1 Å². The van der Waals surface area contributed by atoms with E-state index in [0.717, 1.165) is 34.4 Å². The van der Waals surface area contributed by atoms with Gasteiger partial charge in [-0.25, -0.2) is 0 Å². The lowest BCUT2D eigenvalue weighted by Gasteiger charge is -2.62. The highest BCUT2D eigenvalue weighted by atomic mass is 16.7. The molecule has 1 aliphatic heterocycles. The monoisotopic (exact) mass is 827 g/mol. The van der Waals surface area contributed by atoms with E-state index in [-0.39, 0.29) is 42.5 Å². The van der Waals surface area contributed by atoms with Gasteiger partial charge < -0.3 is 40.3 Å². The first-order chi connectivity index (χ1) is 28.5. The van der Waals surface area contributed by atoms with Gasteiger partial charge in [0.1, 0.15) is 24.5 Å². The summed E-state index contributed by atoms with van der Waals surface area (Å²) in [5.41, 5.74) is 5.19. The Labute approximate surface area is 358 Å². The lowest BCUT2D eigenvalue weighted by Crippen LogP contribution is -2.62. The van der Waals surface area contributed by atoms with Crippen LogP contribution < -0.4 is 20.3 Å². The number of rotatable bonds is 18. The molecule has 0 radical (unpaired) electrons. The highest BCUT2D eigenvalue weighted by Crippen LogP contribution is 2.61. The summed E-state index contributed by atoms with van der Waals surface area (Å²) in [6, 6.07) is 21.1. The number of likely N-dealkylation sites (N-methyl/N-ethyl adjacent to an activating group) is 2. The van der Waals surface area contributed by atoms with Crippen LogP contribution in [-0.2, 0) is 22.6 Å². The Morgan fingerprint density at radius 3 is 2.33 bits per heavy atom. The van der Waals surface area contributed by atoms with Crippen molar-refractivity contribution in [2.75, 3.05) is 73.5 Å². The van der Waals surface area contributed by atoms with Gasteiger partial charge >= 0.3 is 0 Å². The number of carbonyl (C=O) groups excluding carboxylic acids is 2. The molecule has 0 spiro atoms. The van der Waals surface area contributed by atoms with Crippen LogP contribution in [0.15, 0.2) is 66.7 Å². The maximum absolute atomic E-state index is 14.5. The smallest absolute Gasteiger partial charge is 0.251 e. The number of carbonyl (C=O) groups is 2. The van der Waals surface area contributed by atoms with E-state index in [1.807, 2.05) is 95.7 Å². The first-order valence-corrected chi connectivity index (χ1v) is 21.7. The highest BCUT2D eigenvalue weighted by molar-refractivity contribution is 5.97. The number of hydrogen-bond acceptors (Lipinski definition) is 10. The maximum Gasteiger partial charge on any atom is 0.251 e. The quantitative estimate of drug-likeness (QED) is 0.140. The van der Waals surface area contributed by atoms with E-state index in [4.69, 9.17) is 9.57 Å². The van der Waals surface area contributed by atoms with E-state index in [1.165, 1.54) is 6.42 Å². The Kier molecular flexibility index (Phi) is 14.7. The van der Waals surface area contributed by atoms with Crippen LogP contribution in [0.25, 0.3) is 11.1 Å². The van der Waals surface area contributed by atoms with E-state index < -0.39 is 24.2 Å². The molecule has 1 heterocycles. The number of hydrogen-bond donors (Lipinski definition) is 4. The Morgan fingerprint density at radius 1 is 0.983 bits per heavy atom. The Hall–Kier alpha value is -4.04. The number of benzene rings is 3. The number of para-hydroxylation sites is 1. The molecule has 9 atom stereocenters. The molecule has 12 heteroatoms. The van der Waals surface area contributed by atoms with Gasteiger partial charge in [-0.15, -0.1) is 0 Å². The van der Waals surface area contributed by atoms with Gasteiger partial charge in [0.2, 0.25) is 5.91 Å². The zero-order valence-electron chi connectivity index (χ0n) is 37.5. The molecule has 12 nitrogen and oxygen atoms in total. The fourth-order valence-electron chi connectivity index (χ4n) is 10.0. The molecule has 3 aliphatic carbocycles. The Bertz CT molecular complexity index is 1920. The molecule has 3 aromatic rings. The van der Waals surface area contributed by atoms with Crippen LogP contribution in [-0.4, -0.2) is 136 Å². The number of aliphatic hydroxyl groups is 2. The Balaban J connectivity index is 1.33. The standard InChI is InChI=1S/C48H70N6O6/c1-30-40-25-36(48(40,3)4)26-41(30)50-47(58)44-43(31(2)56)42(29-55)60-54(44)27-33-17-14-18-39(45(33)59-20-19-51(5)6)34-22-35(24-38(23-34)53(9)10)46(57)49-37(28-52(7)8)21-32-15-12-11-13-16-32/h11-18,22-24,30-31,36-37,40-44,55-56H,19-21,25-29H2,1-10H3,(H,49,57)(H,50,58)/t30-,31-,36+,37-,40-,41?,42-,43+,44-/m0/s1. The minimum Gasteiger partial charge on any atom is -0.491 e. The molecule has 328 valence electrons. The molecule has 7 rings (SSSR count). The van der Waals surface area contributed by atoms with Gasteiger partial charge in [0.05, 0.1) is 19.3 Å². The summed E-state index contributed by atoms with van der Waals surface area (Å²) in [4.78, 5) is 41.2. The molecule has 1 saturated heterocycles. The molecule has 4 N–H and O–H groups in total. The topological polar surface area (TPSA) is 130 Å². The van der Waals surface area contributed by atoms with Crippen LogP contribution in [0.1, 0.15) is 62.0 Å². The minimum atomic E-state index is -0.912. The van der Waals surface area contributed by atoms with Crippen molar-refractivity contribution in [2.45, 2.75) is 83.8 Å². The molecule has 4 fully saturated rings. The maximum atomic E-state index is 14.5. The van der Waals surface area contributed by atoms with E-state index in [0.29, 0.717) is 55.2 Å². The molecule has 3 saturated carbocycles. The normalized spacial score (nSPS) is 25.7. The Morgan fingerprint density at radius 2 is 1.72 bits per heavy atom. The highest BCUT2D eigenvalue weighted by Gasteiger charge is 2.57. The van der Waals surface area contributed by atoms with E-state index in [2.05, 4.69) is 59.4 Å². The van der Waals surface area contributed by atoms with Gasteiger partial charge in [0.25, 0.3) is 5.91 Å². The predicted octanol–water partition coefficient (Wildman–Crippen LogP) is 4.92. The number of nitrogens with zero attached hydrogens (tertiary/aromatic N) is 4. The van der Waals surface area contributed by atoms with E-state index in [1.54, 1.807) is 12.0 Å². The van der Waals surface area contributed by atoms with Crippen molar-refractivity contribution < 1.29 is 29.4 Å². The fourth-order valence-corrected chi connectivity index (χ4v) is 10.0. The molecule has 60 heavy (non-hydrogen) atoms. The second-order valence-corrected chi connectivity index (χ2v) is 19.0. The van der Waals surface area contributed by atoms with E-state index in [9.17, 15) is 19.8 Å². The largest absolute Gasteiger partial charge is 0.491 e. The number of hydroxylamine groups is 2. The molecule has 2 bridgehead atoms. The number of aliphatic hydroxyl groups excluding tert-OH is 2. The van der Waals surface area contributed by atoms with Gasteiger partial charge in [0.15, 0.2) is 0 Å². The summed E-state index contributed by atoms with van der Waals surface area (Å²) < 4.78 is 6.67. The first kappa shape index (κ1) is 45.5. The molecular weight excluding hydrogens is 757 g/mol. The number of nitrogens with one attached hydrogen (secondary N) is 2. The second kappa shape index (κ2) is 19.3. The predicted molar refractivity (Wildman–Crippen MR) is 238 cm³/mol. The average Bonchev–Trinajstić information content (AvgIpc) is 3.57. The summed E-state index contributed by atoms with van der Waals surface area (Å²) in [6.07, 6.45) is 1.14. The van der Waals surface area contributed by atoms with Crippen LogP contribution in [0, 0.1) is 29.1 Å². The van der Waals surface area contributed by atoms with Gasteiger partial charge in [-0.1, -0.05) is 69.3 Å². The lowest BCUT2D eigenvalue weighted by molar-refractivity contribution is -0.183. The minimum absolute atomic E-state index is 0.0269. The van der Waals surface area contributed by atoms with Gasteiger partial charge in [-0.3, -0.25) is 14.4 Å². The van der Waals surface area contributed by atoms with Gasteiger partial charge in [-0.2, -0.15) is 5.06 Å². The lowest BCUT2D eigenvalue weighted by atomic mass is 9.45. The fraction of sp³-hybridized carbons (Fsp3) is 0.583. The summed E-state index contributed by atoms with van der Waals surface area (Å²) in [6.45, 7) is 10.1. The van der Waals surface area contributed by atoms with Crippen molar-refractivity contribution in [3.05, 3.63) is 83.4 Å².